The zero-order chi connectivity index (χ0) is 45.4. The van der Waals surface area contributed by atoms with Gasteiger partial charge in [-0.25, -0.2) is 4.98 Å². The topological polar surface area (TPSA) is 177 Å². The molecule has 15 nitrogen and oxygen atoms in total. The van der Waals surface area contributed by atoms with Crippen LogP contribution in [0.4, 0.5) is 24.5 Å². The molecule has 18 heteroatoms. The molecule has 2 saturated carbocycles. The molecule has 65 heavy (non-hydrogen) atoms. The number of hydrogen-bond donors (Lipinski definition) is 3. The summed E-state index contributed by atoms with van der Waals surface area (Å²) in [6.45, 7) is 3.76. The van der Waals surface area contributed by atoms with Crippen molar-refractivity contribution in [3.05, 3.63) is 77.2 Å². The van der Waals surface area contributed by atoms with Crippen LogP contribution in [0.3, 0.4) is 0 Å². The Bertz CT molecular complexity index is 2470. The van der Waals surface area contributed by atoms with Crippen molar-refractivity contribution in [3.63, 3.8) is 0 Å². The predicted molar refractivity (Wildman–Crippen MR) is 232 cm³/mol. The minimum absolute atomic E-state index is 0.0771. The molecule has 2 aromatic carbocycles. The molecule has 2 saturated heterocycles. The first-order valence-electron chi connectivity index (χ1n) is 22.7. The van der Waals surface area contributed by atoms with E-state index in [4.69, 9.17) is 14.6 Å². The van der Waals surface area contributed by atoms with E-state index in [1.165, 1.54) is 13.2 Å². The molecular weight excluding hydrogens is 846 g/mol. The van der Waals surface area contributed by atoms with Crippen molar-refractivity contribution in [1.82, 2.24) is 29.9 Å². The number of aromatic nitrogens is 3. The molecule has 1 atom stereocenters. The third-order valence-corrected chi connectivity index (χ3v) is 13.8. The Morgan fingerprint density at radius 3 is 2.29 bits per heavy atom. The molecule has 2 aromatic heterocycles. The molecule has 0 bridgehead atoms. The molecule has 4 fully saturated rings. The first kappa shape index (κ1) is 44.3. The highest BCUT2D eigenvalue weighted by Crippen LogP contribution is 2.38. The van der Waals surface area contributed by atoms with Crippen LogP contribution in [0.25, 0.3) is 10.9 Å². The van der Waals surface area contributed by atoms with E-state index < -0.39 is 47.4 Å². The van der Waals surface area contributed by atoms with Crippen LogP contribution in [0.15, 0.2) is 54.7 Å². The number of likely N-dealkylation sites (tertiary alicyclic amines) is 1. The Balaban J connectivity index is 0.694. The van der Waals surface area contributed by atoms with Gasteiger partial charge in [-0.05, 0) is 113 Å². The van der Waals surface area contributed by atoms with Crippen molar-refractivity contribution in [1.29, 1.82) is 0 Å². The summed E-state index contributed by atoms with van der Waals surface area (Å²) in [4.78, 5) is 70.9. The van der Waals surface area contributed by atoms with E-state index in [2.05, 4.69) is 25.8 Å². The van der Waals surface area contributed by atoms with Gasteiger partial charge in [-0.15, -0.1) is 0 Å². The van der Waals surface area contributed by atoms with Crippen molar-refractivity contribution in [2.45, 2.75) is 108 Å². The number of amides is 5. The molecule has 344 valence electrons. The predicted octanol–water partition coefficient (Wildman–Crippen LogP) is 7.00. The summed E-state index contributed by atoms with van der Waals surface area (Å²) in [6.07, 6.45) is 8.10. The van der Waals surface area contributed by atoms with Gasteiger partial charge in [0.25, 0.3) is 17.7 Å². The van der Waals surface area contributed by atoms with Crippen LogP contribution in [0.1, 0.15) is 120 Å². The van der Waals surface area contributed by atoms with Crippen molar-refractivity contribution < 1.29 is 46.6 Å². The van der Waals surface area contributed by atoms with Crippen LogP contribution in [-0.4, -0.2) is 106 Å². The fourth-order valence-corrected chi connectivity index (χ4v) is 10.3. The average Bonchev–Trinajstić information content (AvgIpc) is 3.83. The number of methoxy groups -OCH3 is 1. The Hall–Kier alpha value is -5.88. The van der Waals surface area contributed by atoms with Crippen molar-refractivity contribution in [2.24, 2.45) is 11.8 Å². The van der Waals surface area contributed by atoms with Crippen LogP contribution in [0.5, 0.6) is 5.75 Å². The molecule has 5 amide bonds. The van der Waals surface area contributed by atoms with E-state index in [1.54, 1.807) is 30.3 Å². The maximum Gasteiger partial charge on any atom is 0.433 e. The summed E-state index contributed by atoms with van der Waals surface area (Å²) in [7, 11) is 1.46. The fourth-order valence-electron chi connectivity index (χ4n) is 10.3. The van der Waals surface area contributed by atoms with Gasteiger partial charge in [-0.1, -0.05) is 12.1 Å². The Morgan fingerprint density at radius 2 is 1.57 bits per heavy atom. The number of anilines is 2. The minimum atomic E-state index is -4.67. The summed E-state index contributed by atoms with van der Waals surface area (Å²) in [6, 6.07) is 11.0. The Labute approximate surface area is 373 Å². The monoisotopic (exact) mass is 898 g/mol. The van der Waals surface area contributed by atoms with E-state index in [0.29, 0.717) is 41.0 Å². The largest absolute Gasteiger partial charge is 0.494 e. The van der Waals surface area contributed by atoms with Gasteiger partial charge in [-0.2, -0.15) is 18.3 Å². The molecule has 4 aromatic rings. The number of benzene rings is 2. The molecule has 0 spiro atoms. The lowest BCUT2D eigenvalue weighted by atomic mass is 9.85. The number of hydrogen-bond acceptors (Lipinski definition) is 11. The Morgan fingerprint density at radius 1 is 0.846 bits per heavy atom. The highest BCUT2D eigenvalue weighted by Gasteiger charge is 2.46. The van der Waals surface area contributed by atoms with Crippen LogP contribution < -0.4 is 20.7 Å². The number of halogens is 3. The number of pyridine rings is 1. The van der Waals surface area contributed by atoms with Gasteiger partial charge in [0.1, 0.15) is 23.2 Å². The number of nitrogens with one attached hydrogen (secondary N) is 3. The number of rotatable bonds is 12. The molecule has 5 aliphatic rings. The standard InChI is InChI=1S/C47H53F3N8O7/c1-64-39-23-36-29(22-37(39)53-43(60)35-6-3-7-40(52-35)47(48,49)50)26-57(55-36)30-12-8-28(9-13-30)25-56-20-18-32(19-21-56)65-31-14-10-27(11-15-31)24-51-34-5-2-4-33-42(34)46(63)58(45(33)62)38-16-17-41(59)54-44(38)61/h2-7,22-23,26-28,30-32,38,51H,8-21,24-25H2,1H3,(H,53,60)(H,54,59,61)/t27-,28-,30-,31-,38?. The van der Waals surface area contributed by atoms with Crippen molar-refractivity contribution in [2.75, 3.05) is 43.9 Å². The van der Waals surface area contributed by atoms with Gasteiger partial charge in [-0.3, -0.25) is 38.9 Å². The SMILES string of the molecule is COc1cc2nn([C@H]3CC[C@H](CN4CCC(O[C@H]5CC[C@H](CNc6cccc7c6C(=O)N(C6CCC(=O)NC6=O)C7=O)CC5)CC4)CC3)cc2cc1NC(=O)c1cccc(C(F)(F)F)n1. The lowest BCUT2D eigenvalue weighted by Gasteiger charge is -2.38. The second-order valence-electron chi connectivity index (χ2n) is 18.1. The molecule has 0 radical (unpaired) electrons. The quantitative estimate of drug-likeness (QED) is 0.125. The van der Waals surface area contributed by atoms with Gasteiger partial charge < -0.3 is 25.0 Å². The molecule has 5 heterocycles. The Kier molecular flexibility index (Phi) is 12.6. The lowest BCUT2D eigenvalue weighted by molar-refractivity contribution is -0.141. The second-order valence-corrected chi connectivity index (χ2v) is 18.1. The first-order chi connectivity index (χ1) is 31.3. The number of piperidine rings is 2. The molecule has 1 unspecified atom stereocenters. The van der Waals surface area contributed by atoms with E-state index in [9.17, 15) is 37.1 Å². The van der Waals surface area contributed by atoms with Crippen LogP contribution in [0.2, 0.25) is 0 Å². The number of fused-ring (bicyclic) bond motifs is 2. The molecule has 2 aliphatic carbocycles. The number of carbonyl (C=O) groups excluding carboxylic acids is 5. The number of ether oxygens (including phenoxy) is 2. The third kappa shape index (κ3) is 9.60. The molecule has 9 rings (SSSR count). The highest BCUT2D eigenvalue weighted by atomic mass is 19.4. The molecule has 3 N–H and O–H groups in total. The maximum absolute atomic E-state index is 13.5. The van der Waals surface area contributed by atoms with E-state index in [1.807, 2.05) is 10.9 Å². The number of carbonyl (C=O) groups is 5. The van der Waals surface area contributed by atoms with Crippen molar-refractivity contribution >= 4 is 51.8 Å². The summed E-state index contributed by atoms with van der Waals surface area (Å²) < 4.78 is 53.7. The van der Waals surface area contributed by atoms with Crippen LogP contribution >= 0.6 is 0 Å². The second kappa shape index (κ2) is 18.5. The van der Waals surface area contributed by atoms with Gasteiger partial charge in [0, 0.05) is 55.9 Å². The normalized spacial score (nSPS) is 24.6. The minimum Gasteiger partial charge on any atom is -0.494 e. The zero-order valence-corrected chi connectivity index (χ0v) is 36.2. The maximum atomic E-state index is 13.5. The summed E-state index contributed by atoms with van der Waals surface area (Å²) >= 11 is 0. The van der Waals surface area contributed by atoms with Gasteiger partial charge in [0.15, 0.2) is 0 Å². The summed E-state index contributed by atoms with van der Waals surface area (Å²) in [5, 5.41) is 14.0. The van der Waals surface area contributed by atoms with Crippen molar-refractivity contribution in [3.8, 4) is 5.75 Å². The lowest BCUT2D eigenvalue weighted by Crippen LogP contribution is -2.54. The van der Waals surface area contributed by atoms with E-state index in [-0.39, 0.29) is 47.9 Å². The third-order valence-electron chi connectivity index (χ3n) is 13.8. The number of imide groups is 2. The summed E-state index contributed by atoms with van der Waals surface area (Å²) in [5.41, 5.74) is 0.660. The van der Waals surface area contributed by atoms with E-state index >= 15 is 0 Å². The summed E-state index contributed by atoms with van der Waals surface area (Å²) in [5.74, 6) is -1.48. The number of nitrogens with zero attached hydrogens (tertiary/aromatic N) is 5. The van der Waals surface area contributed by atoms with Gasteiger partial charge in [0.05, 0.1) is 47.7 Å². The molecule has 3 aliphatic heterocycles. The van der Waals surface area contributed by atoms with E-state index in [0.717, 1.165) is 106 Å². The molecular formula is C47H53F3N8O7. The highest BCUT2D eigenvalue weighted by molar-refractivity contribution is 6.25. The average molecular weight is 899 g/mol. The van der Waals surface area contributed by atoms with Gasteiger partial charge >= 0.3 is 6.18 Å². The fraction of sp³-hybridized carbons (Fsp3) is 0.511. The zero-order valence-electron chi connectivity index (χ0n) is 36.2. The number of alkyl halides is 3. The van der Waals surface area contributed by atoms with Gasteiger partial charge in [0.2, 0.25) is 11.8 Å². The smallest absolute Gasteiger partial charge is 0.433 e. The van der Waals surface area contributed by atoms with Crippen LogP contribution in [0, 0.1) is 11.8 Å². The van der Waals surface area contributed by atoms with Crippen LogP contribution in [-0.2, 0) is 20.5 Å². The first-order valence-corrected chi connectivity index (χ1v) is 22.7.